The topological polar surface area (TPSA) is 43.1 Å². The van der Waals surface area contributed by atoms with Crippen LogP contribution in [-0.4, -0.2) is 25.8 Å². The minimum atomic E-state index is -4.20. The summed E-state index contributed by atoms with van der Waals surface area (Å²) < 4.78 is 37.4. The van der Waals surface area contributed by atoms with Crippen LogP contribution in [0.15, 0.2) is 12.4 Å². The summed E-state index contributed by atoms with van der Waals surface area (Å²) >= 11 is 5.61. The molecule has 0 spiro atoms. The van der Waals surface area contributed by atoms with Crippen LogP contribution >= 0.6 is 11.6 Å². The van der Waals surface area contributed by atoms with Gasteiger partial charge in [-0.05, 0) is 0 Å². The lowest BCUT2D eigenvalue weighted by Gasteiger charge is -2.04. The fourth-order valence-electron chi connectivity index (χ4n) is 1.24. The van der Waals surface area contributed by atoms with Crippen molar-refractivity contribution in [2.45, 2.75) is 19.0 Å². The van der Waals surface area contributed by atoms with Crippen LogP contribution in [-0.2, 0) is 6.42 Å². The summed E-state index contributed by atoms with van der Waals surface area (Å²) in [5.41, 5.74) is 0.386. The molecule has 0 fully saturated rings. The van der Waals surface area contributed by atoms with E-state index in [-0.39, 0.29) is 17.4 Å². The fourth-order valence-corrected chi connectivity index (χ4v) is 1.38. The third kappa shape index (κ3) is 2.41. The average molecular weight is 251 g/mol. The molecule has 2 heterocycles. The van der Waals surface area contributed by atoms with Gasteiger partial charge in [0.15, 0.2) is 5.65 Å². The first kappa shape index (κ1) is 11.1. The van der Waals surface area contributed by atoms with E-state index in [0.29, 0.717) is 5.65 Å². The van der Waals surface area contributed by atoms with Gasteiger partial charge in [-0.3, -0.25) is 4.40 Å². The fraction of sp³-hybridized carbons (Fsp3) is 0.375. The number of alkyl halides is 3. The molecule has 4 nitrogen and oxygen atoms in total. The molecule has 0 atom stereocenters. The van der Waals surface area contributed by atoms with Gasteiger partial charge in [0.1, 0.15) is 17.3 Å². The van der Waals surface area contributed by atoms with Gasteiger partial charge in [0.2, 0.25) is 0 Å². The van der Waals surface area contributed by atoms with Crippen LogP contribution < -0.4 is 0 Å². The Morgan fingerprint density at radius 1 is 1.31 bits per heavy atom. The maximum Gasteiger partial charge on any atom is 0.389 e. The van der Waals surface area contributed by atoms with Crippen molar-refractivity contribution in [3.8, 4) is 0 Å². The Bertz CT molecular complexity index is 507. The maximum atomic E-state index is 12.0. The lowest BCUT2D eigenvalue weighted by molar-refractivity contribution is -0.134. The van der Waals surface area contributed by atoms with Crippen LogP contribution in [0.2, 0.25) is 5.15 Å². The summed E-state index contributed by atoms with van der Waals surface area (Å²) in [6, 6.07) is 1.44. The largest absolute Gasteiger partial charge is 0.389 e. The summed E-state index contributed by atoms with van der Waals surface area (Å²) in [7, 11) is 0. The molecule has 0 aliphatic carbocycles. The van der Waals surface area contributed by atoms with E-state index in [2.05, 4.69) is 15.2 Å². The summed E-state index contributed by atoms with van der Waals surface area (Å²) in [6.07, 6.45) is -4.06. The SMILES string of the molecule is FC(F)(F)CCc1nnc2cc(Cl)ncn12. The monoisotopic (exact) mass is 250 g/mol. The summed E-state index contributed by atoms with van der Waals surface area (Å²) in [5, 5.41) is 7.58. The van der Waals surface area contributed by atoms with E-state index in [4.69, 9.17) is 11.6 Å². The number of aryl methyl sites for hydroxylation is 1. The van der Waals surface area contributed by atoms with Crippen molar-refractivity contribution in [3.05, 3.63) is 23.4 Å². The minimum Gasteiger partial charge on any atom is -0.269 e. The summed E-state index contributed by atoms with van der Waals surface area (Å²) in [6.45, 7) is 0. The van der Waals surface area contributed by atoms with E-state index in [9.17, 15) is 13.2 Å². The van der Waals surface area contributed by atoms with Gasteiger partial charge >= 0.3 is 6.18 Å². The molecule has 0 bridgehead atoms. The van der Waals surface area contributed by atoms with Crippen LogP contribution in [0.5, 0.6) is 0 Å². The van der Waals surface area contributed by atoms with E-state index in [1.807, 2.05) is 0 Å². The number of nitrogens with zero attached hydrogens (tertiary/aromatic N) is 4. The molecule has 0 saturated heterocycles. The highest BCUT2D eigenvalue weighted by Gasteiger charge is 2.27. The van der Waals surface area contributed by atoms with Crippen molar-refractivity contribution >= 4 is 17.2 Å². The highest BCUT2D eigenvalue weighted by molar-refractivity contribution is 6.29. The van der Waals surface area contributed by atoms with E-state index in [1.54, 1.807) is 0 Å². The van der Waals surface area contributed by atoms with Crippen molar-refractivity contribution in [2.24, 2.45) is 0 Å². The van der Waals surface area contributed by atoms with Gasteiger partial charge in [0.25, 0.3) is 0 Å². The second-order valence-electron chi connectivity index (χ2n) is 3.17. The van der Waals surface area contributed by atoms with Gasteiger partial charge < -0.3 is 0 Å². The quantitative estimate of drug-likeness (QED) is 0.768. The lowest BCUT2D eigenvalue weighted by atomic mass is 10.3. The molecule has 0 radical (unpaired) electrons. The molecular formula is C8H6ClF3N4. The van der Waals surface area contributed by atoms with Crippen molar-refractivity contribution < 1.29 is 13.2 Å². The smallest absolute Gasteiger partial charge is 0.269 e. The molecule has 8 heteroatoms. The van der Waals surface area contributed by atoms with Gasteiger partial charge in [-0.15, -0.1) is 10.2 Å². The van der Waals surface area contributed by atoms with Crippen molar-refractivity contribution in [1.82, 2.24) is 19.6 Å². The number of rotatable bonds is 2. The number of halogens is 4. The molecule has 2 aromatic heterocycles. The zero-order chi connectivity index (χ0) is 11.8. The third-order valence-electron chi connectivity index (χ3n) is 1.97. The Kier molecular flexibility index (Phi) is 2.71. The van der Waals surface area contributed by atoms with Crippen LogP contribution in [0.3, 0.4) is 0 Å². The number of hydrogen-bond donors (Lipinski definition) is 0. The Balaban J connectivity index is 2.25. The van der Waals surface area contributed by atoms with E-state index in [0.717, 1.165) is 0 Å². The molecule has 86 valence electrons. The predicted molar refractivity (Wildman–Crippen MR) is 50.2 cm³/mol. The van der Waals surface area contributed by atoms with Gasteiger partial charge in [-0.2, -0.15) is 13.2 Å². The molecule has 0 amide bonds. The second kappa shape index (κ2) is 3.89. The molecule has 0 aromatic carbocycles. The molecule has 2 rings (SSSR count). The molecular weight excluding hydrogens is 245 g/mol. The Morgan fingerprint density at radius 2 is 2.06 bits per heavy atom. The lowest BCUT2D eigenvalue weighted by Crippen LogP contribution is -2.10. The average Bonchev–Trinajstić information content (AvgIpc) is 2.56. The van der Waals surface area contributed by atoms with Gasteiger partial charge in [0.05, 0.1) is 6.42 Å². The zero-order valence-electron chi connectivity index (χ0n) is 7.87. The van der Waals surface area contributed by atoms with Crippen LogP contribution in [0, 0.1) is 0 Å². The first-order valence-electron chi connectivity index (χ1n) is 4.37. The molecule has 16 heavy (non-hydrogen) atoms. The normalized spacial score (nSPS) is 12.2. The van der Waals surface area contributed by atoms with Crippen LogP contribution in [0.4, 0.5) is 13.2 Å². The third-order valence-corrected chi connectivity index (χ3v) is 2.18. The Hall–Kier alpha value is -1.37. The van der Waals surface area contributed by atoms with Crippen LogP contribution in [0.1, 0.15) is 12.2 Å². The van der Waals surface area contributed by atoms with Gasteiger partial charge in [-0.1, -0.05) is 11.6 Å². The van der Waals surface area contributed by atoms with Crippen LogP contribution in [0.25, 0.3) is 5.65 Å². The Labute approximate surface area is 93.1 Å². The Morgan fingerprint density at radius 3 is 2.75 bits per heavy atom. The zero-order valence-corrected chi connectivity index (χ0v) is 8.63. The van der Waals surface area contributed by atoms with E-state index in [1.165, 1.54) is 16.8 Å². The second-order valence-corrected chi connectivity index (χ2v) is 3.56. The van der Waals surface area contributed by atoms with Crippen molar-refractivity contribution in [1.29, 1.82) is 0 Å². The molecule has 0 aliphatic heterocycles. The first-order valence-corrected chi connectivity index (χ1v) is 4.75. The van der Waals surface area contributed by atoms with Gasteiger partial charge in [-0.25, -0.2) is 4.98 Å². The van der Waals surface area contributed by atoms with E-state index < -0.39 is 12.6 Å². The highest BCUT2D eigenvalue weighted by Crippen LogP contribution is 2.21. The van der Waals surface area contributed by atoms with Crippen molar-refractivity contribution in [2.75, 3.05) is 0 Å². The van der Waals surface area contributed by atoms with E-state index >= 15 is 0 Å². The molecule has 0 unspecified atom stereocenters. The highest BCUT2D eigenvalue weighted by atomic mass is 35.5. The number of fused-ring (bicyclic) bond motifs is 1. The molecule has 0 saturated carbocycles. The maximum absolute atomic E-state index is 12.0. The summed E-state index contributed by atoms with van der Waals surface area (Å²) in [5.74, 6) is 0.219. The summed E-state index contributed by atoms with van der Waals surface area (Å²) in [4.78, 5) is 3.75. The molecule has 0 aliphatic rings. The molecule has 0 N–H and O–H groups in total. The number of aromatic nitrogens is 4. The first-order chi connectivity index (χ1) is 7.46. The van der Waals surface area contributed by atoms with Gasteiger partial charge in [0, 0.05) is 12.5 Å². The standard InChI is InChI=1S/C8H6ClF3N4/c9-5-3-7-15-14-6(16(7)4-13-5)1-2-8(10,11)12/h3-4H,1-2H2. The van der Waals surface area contributed by atoms with Crippen molar-refractivity contribution in [3.63, 3.8) is 0 Å². The minimum absolute atomic E-state index is 0.219. The number of hydrogen-bond acceptors (Lipinski definition) is 3. The predicted octanol–water partition coefficient (Wildman–Crippen LogP) is 2.27. The molecule has 2 aromatic rings.